The number of amides is 1. The maximum absolute atomic E-state index is 11.9. The van der Waals surface area contributed by atoms with Gasteiger partial charge < -0.3 is 5.32 Å². The van der Waals surface area contributed by atoms with Gasteiger partial charge in [0.25, 0.3) is 5.91 Å². The van der Waals surface area contributed by atoms with Crippen LogP contribution in [0.15, 0.2) is 24.3 Å². The maximum atomic E-state index is 11.9. The molecule has 1 aromatic rings. The van der Waals surface area contributed by atoms with Crippen LogP contribution in [-0.4, -0.2) is 12.3 Å². The first-order valence-corrected chi connectivity index (χ1v) is 3.73. The quantitative estimate of drug-likeness (QED) is 0.783. The molecule has 0 radical (unpaired) electrons. The van der Waals surface area contributed by atoms with E-state index >= 15 is 0 Å². The molecule has 72 valence electrons. The Hall–Kier alpha value is -1.96. The molecule has 0 fully saturated rings. The number of para-hydroxylation sites is 1. The van der Waals surface area contributed by atoms with E-state index in [1.54, 1.807) is 18.2 Å². The molecule has 5 heteroatoms. The third kappa shape index (κ3) is 2.26. The van der Waals surface area contributed by atoms with Gasteiger partial charge in [0.1, 0.15) is 6.07 Å². The lowest BCUT2D eigenvalue weighted by Crippen LogP contribution is -2.20. The highest BCUT2D eigenvalue weighted by Gasteiger charge is 2.16. The van der Waals surface area contributed by atoms with E-state index in [2.05, 4.69) is 0 Å². The van der Waals surface area contributed by atoms with E-state index in [4.69, 9.17) is 5.26 Å². The van der Waals surface area contributed by atoms with E-state index in [-0.39, 0.29) is 11.3 Å². The number of nitrogens with one attached hydrogen (secondary N) is 1. The fraction of sp³-hybridized carbons (Fsp3) is 0.111. The summed E-state index contributed by atoms with van der Waals surface area (Å²) in [5, 5.41) is 10.5. The van der Waals surface area contributed by atoms with Gasteiger partial charge in [0.05, 0.1) is 11.3 Å². The molecule has 1 N–H and O–H groups in total. The fourth-order valence-corrected chi connectivity index (χ4v) is 0.877. The summed E-state index contributed by atoms with van der Waals surface area (Å²) in [4.78, 5) is 10.6. The molecule has 0 heterocycles. The smallest absolute Gasteiger partial charge is 0.315 e. The lowest BCUT2D eigenvalue weighted by molar-refractivity contribution is -0.126. The number of carbonyl (C=O) groups excluding carboxylic acids is 1. The number of rotatable bonds is 2. The van der Waals surface area contributed by atoms with Crippen LogP contribution in [0.3, 0.4) is 0 Å². The number of nitrogens with zero attached hydrogens (tertiary/aromatic N) is 1. The number of carbonyl (C=O) groups is 1. The molecule has 3 nitrogen and oxygen atoms in total. The summed E-state index contributed by atoms with van der Waals surface area (Å²) in [6, 6.07) is 7.72. The summed E-state index contributed by atoms with van der Waals surface area (Å²) in [7, 11) is 0. The van der Waals surface area contributed by atoms with Crippen LogP contribution in [-0.2, 0) is 4.79 Å². The number of alkyl halides is 2. The normalized spacial score (nSPS) is 9.57. The largest absolute Gasteiger partial charge is 0.320 e. The number of nitriles is 1. The molecule has 0 atom stereocenters. The van der Waals surface area contributed by atoms with E-state index in [1.165, 1.54) is 12.1 Å². The van der Waals surface area contributed by atoms with Crippen molar-refractivity contribution >= 4 is 11.6 Å². The van der Waals surface area contributed by atoms with Crippen molar-refractivity contribution in [1.82, 2.24) is 0 Å². The van der Waals surface area contributed by atoms with Crippen molar-refractivity contribution in [3.63, 3.8) is 0 Å². The Labute approximate surface area is 79.0 Å². The van der Waals surface area contributed by atoms with Gasteiger partial charge in [-0.3, -0.25) is 4.79 Å². The minimum Gasteiger partial charge on any atom is -0.320 e. The summed E-state index contributed by atoms with van der Waals surface area (Å²) in [5.74, 6) is -1.41. The third-order valence-corrected chi connectivity index (χ3v) is 1.50. The summed E-state index contributed by atoms with van der Waals surface area (Å²) in [6.45, 7) is 0. The molecule has 0 spiro atoms. The van der Waals surface area contributed by atoms with Crippen LogP contribution in [0.5, 0.6) is 0 Å². The van der Waals surface area contributed by atoms with Crippen molar-refractivity contribution in [3.8, 4) is 6.07 Å². The standard InChI is InChI=1S/C9H6F2N2O/c10-8(11)9(14)13-7-4-2-1-3-6(7)5-12/h1-4,8H,(H,13,14). The molecule has 0 saturated carbocycles. The Kier molecular flexibility index (Phi) is 3.13. The lowest BCUT2D eigenvalue weighted by atomic mass is 10.2. The number of benzene rings is 1. The van der Waals surface area contributed by atoms with Crippen molar-refractivity contribution in [2.45, 2.75) is 6.43 Å². The Morgan fingerprint density at radius 2 is 2.07 bits per heavy atom. The zero-order chi connectivity index (χ0) is 10.6. The van der Waals surface area contributed by atoms with Gasteiger partial charge in [-0.1, -0.05) is 12.1 Å². The van der Waals surface area contributed by atoms with E-state index in [0.717, 1.165) is 0 Å². The highest BCUT2D eigenvalue weighted by Crippen LogP contribution is 2.14. The first-order chi connectivity index (χ1) is 6.65. The Morgan fingerprint density at radius 1 is 1.43 bits per heavy atom. The Balaban J connectivity index is 2.87. The zero-order valence-corrected chi connectivity index (χ0v) is 7.00. The predicted octanol–water partition coefficient (Wildman–Crippen LogP) is 1.76. The van der Waals surface area contributed by atoms with Gasteiger partial charge in [0.15, 0.2) is 0 Å². The van der Waals surface area contributed by atoms with Crippen LogP contribution in [0.4, 0.5) is 14.5 Å². The monoisotopic (exact) mass is 196 g/mol. The molecule has 14 heavy (non-hydrogen) atoms. The van der Waals surface area contributed by atoms with Gasteiger partial charge in [-0.05, 0) is 12.1 Å². The van der Waals surface area contributed by atoms with Gasteiger partial charge in [-0.25, -0.2) is 0 Å². The van der Waals surface area contributed by atoms with E-state index < -0.39 is 12.3 Å². The number of halogens is 2. The second kappa shape index (κ2) is 4.33. The van der Waals surface area contributed by atoms with Crippen molar-refractivity contribution in [2.24, 2.45) is 0 Å². The van der Waals surface area contributed by atoms with Crippen LogP contribution in [0.25, 0.3) is 0 Å². The summed E-state index contributed by atoms with van der Waals surface area (Å²) in [6.07, 6.45) is -3.08. The van der Waals surface area contributed by atoms with Crippen LogP contribution in [0.2, 0.25) is 0 Å². The highest BCUT2D eigenvalue weighted by molar-refractivity contribution is 5.94. The molecule has 0 saturated heterocycles. The lowest BCUT2D eigenvalue weighted by Gasteiger charge is -2.04. The van der Waals surface area contributed by atoms with E-state index in [9.17, 15) is 13.6 Å². The summed E-state index contributed by atoms with van der Waals surface area (Å²) >= 11 is 0. The van der Waals surface area contributed by atoms with Gasteiger partial charge in [0.2, 0.25) is 0 Å². The highest BCUT2D eigenvalue weighted by atomic mass is 19.3. The number of hydrogen-bond donors (Lipinski definition) is 1. The zero-order valence-electron chi connectivity index (χ0n) is 7.00. The van der Waals surface area contributed by atoms with Gasteiger partial charge in [-0.15, -0.1) is 0 Å². The SMILES string of the molecule is N#Cc1ccccc1NC(=O)C(F)F. The van der Waals surface area contributed by atoms with E-state index in [0.29, 0.717) is 0 Å². The molecule has 0 aliphatic heterocycles. The van der Waals surface area contributed by atoms with Crippen LogP contribution in [0, 0.1) is 11.3 Å². The summed E-state index contributed by atoms with van der Waals surface area (Å²) in [5.41, 5.74) is 0.252. The number of hydrogen-bond acceptors (Lipinski definition) is 2. The second-order valence-electron chi connectivity index (χ2n) is 2.45. The second-order valence-corrected chi connectivity index (χ2v) is 2.45. The molecule has 0 bridgehead atoms. The maximum Gasteiger partial charge on any atom is 0.315 e. The topological polar surface area (TPSA) is 52.9 Å². The van der Waals surface area contributed by atoms with Crippen LogP contribution >= 0.6 is 0 Å². The average molecular weight is 196 g/mol. The fourth-order valence-electron chi connectivity index (χ4n) is 0.877. The molecule has 0 aromatic heterocycles. The van der Waals surface area contributed by atoms with Gasteiger partial charge in [-0.2, -0.15) is 14.0 Å². The Morgan fingerprint density at radius 3 is 2.64 bits per heavy atom. The molecule has 1 amide bonds. The summed E-state index contributed by atoms with van der Waals surface area (Å²) < 4.78 is 23.7. The van der Waals surface area contributed by atoms with Crippen LogP contribution in [0.1, 0.15) is 5.56 Å². The van der Waals surface area contributed by atoms with Crippen LogP contribution < -0.4 is 5.32 Å². The van der Waals surface area contributed by atoms with Crippen molar-refractivity contribution in [3.05, 3.63) is 29.8 Å². The first-order valence-electron chi connectivity index (χ1n) is 3.73. The van der Waals surface area contributed by atoms with Gasteiger partial charge in [0, 0.05) is 0 Å². The van der Waals surface area contributed by atoms with Gasteiger partial charge >= 0.3 is 6.43 Å². The predicted molar refractivity (Wildman–Crippen MR) is 45.8 cm³/mol. The third-order valence-electron chi connectivity index (χ3n) is 1.50. The minimum absolute atomic E-state index is 0.0975. The molecule has 1 rings (SSSR count). The number of anilines is 1. The minimum atomic E-state index is -3.08. The first kappa shape index (κ1) is 10.1. The molecule has 0 aliphatic carbocycles. The van der Waals surface area contributed by atoms with Crippen molar-refractivity contribution in [1.29, 1.82) is 5.26 Å². The average Bonchev–Trinajstić information content (AvgIpc) is 2.18. The van der Waals surface area contributed by atoms with Crippen molar-refractivity contribution in [2.75, 3.05) is 5.32 Å². The Bertz CT molecular complexity index is 385. The van der Waals surface area contributed by atoms with Crippen molar-refractivity contribution < 1.29 is 13.6 Å². The molecule has 1 aromatic carbocycles. The molecule has 0 aliphatic rings. The molecule has 0 unspecified atom stereocenters. The van der Waals surface area contributed by atoms with E-state index in [1.807, 2.05) is 5.32 Å². The molecular weight excluding hydrogens is 190 g/mol. The molecular formula is C9H6F2N2O.